The molecule has 2 aromatic carbocycles. The van der Waals surface area contributed by atoms with Crippen molar-refractivity contribution in [3.63, 3.8) is 0 Å². The van der Waals surface area contributed by atoms with Gasteiger partial charge in [-0.15, -0.1) is 0 Å². The molecule has 5 nitrogen and oxygen atoms in total. The first-order chi connectivity index (χ1) is 16.0. The molecule has 0 fully saturated rings. The fourth-order valence-corrected chi connectivity index (χ4v) is 4.45. The van der Waals surface area contributed by atoms with Crippen LogP contribution in [-0.2, 0) is 6.54 Å². The summed E-state index contributed by atoms with van der Waals surface area (Å²) in [5.74, 6) is 5.83. The smallest absolute Gasteiger partial charge is 0.382 e. The van der Waals surface area contributed by atoms with Gasteiger partial charge in [0, 0.05) is 34.0 Å². The number of anilines is 2. The summed E-state index contributed by atoms with van der Waals surface area (Å²) in [6, 6.07) is 14.3. The Morgan fingerprint density at radius 3 is 2.50 bits per heavy atom. The van der Waals surface area contributed by atoms with E-state index in [9.17, 15) is 17.7 Å². The predicted molar refractivity (Wildman–Crippen MR) is 136 cm³/mol. The Morgan fingerprint density at radius 1 is 1.18 bits per heavy atom. The molecule has 0 aliphatic rings. The largest absolute Gasteiger partial charge is 0.406 e. The van der Waals surface area contributed by atoms with Crippen LogP contribution in [0.25, 0.3) is 10.9 Å². The summed E-state index contributed by atoms with van der Waals surface area (Å²) in [6.07, 6.45) is -0.818. The molecule has 1 aromatic heterocycles. The molecule has 0 saturated heterocycles. The third kappa shape index (κ3) is 6.86. The van der Waals surface area contributed by atoms with E-state index in [2.05, 4.69) is 36.3 Å². The minimum Gasteiger partial charge on any atom is -0.382 e. The van der Waals surface area contributed by atoms with Crippen LogP contribution in [0.2, 0.25) is 0 Å². The Bertz CT molecular complexity index is 1170. The van der Waals surface area contributed by atoms with Crippen molar-refractivity contribution >= 4 is 32.8 Å². The van der Waals surface area contributed by atoms with Gasteiger partial charge in [0.2, 0.25) is 0 Å². The van der Waals surface area contributed by atoms with Crippen LogP contribution in [0.1, 0.15) is 32.4 Å². The van der Waals surface area contributed by atoms with Crippen LogP contribution in [0.15, 0.2) is 53.4 Å². The summed E-state index contributed by atoms with van der Waals surface area (Å²) in [6.45, 7) is 3.30. The van der Waals surface area contributed by atoms with E-state index in [0.29, 0.717) is 16.1 Å². The summed E-state index contributed by atoms with van der Waals surface area (Å²) in [7, 11) is -2.28. The highest BCUT2D eigenvalue weighted by Crippen LogP contribution is 2.40. The molecule has 3 aromatic rings. The van der Waals surface area contributed by atoms with Gasteiger partial charge in [-0.1, -0.05) is 35.8 Å². The highest BCUT2D eigenvalue weighted by atomic mass is 32.3. The van der Waals surface area contributed by atoms with Gasteiger partial charge in [0.05, 0.1) is 17.8 Å². The lowest BCUT2D eigenvalue weighted by Gasteiger charge is -2.23. The molecule has 0 bridgehead atoms. The number of nitrogens with zero attached hydrogens (tertiary/aromatic N) is 1. The molecule has 0 aliphatic carbocycles. The lowest BCUT2D eigenvalue weighted by Crippen LogP contribution is -2.18. The molecule has 0 saturated carbocycles. The number of benzene rings is 2. The Balaban J connectivity index is 1.85. The van der Waals surface area contributed by atoms with E-state index in [0.717, 1.165) is 29.6 Å². The highest BCUT2D eigenvalue weighted by Gasteiger charge is 2.30. The van der Waals surface area contributed by atoms with Crippen molar-refractivity contribution in [3.8, 4) is 11.8 Å². The van der Waals surface area contributed by atoms with Crippen molar-refractivity contribution in [1.29, 1.82) is 0 Å². The number of hydrogen-bond donors (Lipinski definition) is 4. The number of halogens is 3. The number of alkyl halides is 3. The van der Waals surface area contributed by atoms with Crippen molar-refractivity contribution in [2.24, 2.45) is 5.14 Å². The maximum absolute atomic E-state index is 13.3. The van der Waals surface area contributed by atoms with Gasteiger partial charge in [-0.2, -0.15) is 13.2 Å². The topological polar surface area (TPSA) is 75.2 Å². The monoisotopic (exact) mass is 492 g/mol. The zero-order valence-corrected chi connectivity index (χ0v) is 20.4. The molecule has 3 rings (SSSR count). The van der Waals surface area contributed by atoms with Crippen molar-refractivity contribution in [2.75, 3.05) is 23.4 Å². The van der Waals surface area contributed by atoms with Gasteiger partial charge in [-0.25, -0.2) is 0 Å². The summed E-state index contributed by atoms with van der Waals surface area (Å²) in [5.41, 5.74) is 2.38. The van der Waals surface area contributed by atoms with Crippen LogP contribution < -0.4 is 15.8 Å². The van der Waals surface area contributed by atoms with Crippen molar-refractivity contribution in [3.05, 3.63) is 54.2 Å². The zero-order chi connectivity index (χ0) is 24.9. The molecule has 0 amide bonds. The molecule has 0 radical (unpaired) electrons. The number of fused-ring (bicyclic) bond motifs is 1. The van der Waals surface area contributed by atoms with Gasteiger partial charge >= 0.3 is 6.18 Å². The Kier molecular flexibility index (Phi) is 8.08. The number of hydrogen-bond acceptors (Lipinski definition) is 4. The molecule has 0 aliphatic heterocycles. The SMILES string of the molecule is CCCC(C)Nc1cccc2c1cc(C#CCNc1ccc(S(C)(N)O)cc1)n2CC(F)(F)F. The fraction of sp³-hybridized carbons (Fsp3) is 0.360. The second-order valence-electron chi connectivity index (χ2n) is 8.42. The number of nitrogens with two attached hydrogens (primary N) is 1. The summed E-state index contributed by atoms with van der Waals surface area (Å²) >= 11 is 0. The average Bonchev–Trinajstić information content (AvgIpc) is 3.08. The second-order valence-corrected chi connectivity index (χ2v) is 10.8. The zero-order valence-electron chi connectivity index (χ0n) is 19.5. The summed E-state index contributed by atoms with van der Waals surface area (Å²) in [5, 5.41) is 13.0. The van der Waals surface area contributed by atoms with E-state index < -0.39 is 23.2 Å². The van der Waals surface area contributed by atoms with Gasteiger partial charge < -0.3 is 19.8 Å². The Morgan fingerprint density at radius 2 is 1.88 bits per heavy atom. The number of nitrogens with one attached hydrogen (secondary N) is 2. The fourth-order valence-electron chi connectivity index (χ4n) is 3.76. The van der Waals surface area contributed by atoms with Crippen molar-refractivity contribution < 1.29 is 17.7 Å². The van der Waals surface area contributed by atoms with E-state index >= 15 is 0 Å². The molecule has 34 heavy (non-hydrogen) atoms. The number of rotatable bonds is 8. The lowest BCUT2D eigenvalue weighted by molar-refractivity contribution is -0.140. The third-order valence-corrected chi connectivity index (χ3v) is 6.56. The van der Waals surface area contributed by atoms with E-state index in [4.69, 9.17) is 5.14 Å². The van der Waals surface area contributed by atoms with Gasteiger partial charge in [-0.3, -0.25) is 5.14 Å². The van der Waals surface area contributed by atoms with Crippen LogP contribution in [0.5, 0.6) is 0 Å². The molecule has 9 heteroatoms. The molecule has 2 atom stereocenters. The van der Waals surface area contributed by atoms with Gasteiger partial charge in [0.15, 0.2) is 0 Å². The minimum absolute atomic E-state index is 0.205. The first-order valence-electron chi connectivity index (χ1n) is 11.0. The van der Waals surface area contributed by atoms with Crippen molar-refractivity contribution in [2.45, 2.75) is 50.3 Å². The van der Waals surface area contributed by atoms with Crippen LogP contribution in [-0.4, -0.2) is 34.1 Å². The first kappa shape index (κ1) is 25.8. The molecule has 184 valence electrons. The molecular formula is C25H31F3N4OS. The van der Waals surface area contributed by atoms with Gasteiger partial charge in [0.1, 0.15) is 6.54 Å². The van der Waals surface area contributed by atoms with E-state index in [-0.39, 0.29) is 12.6 Å². The molecule has 1 heterocycles. The van der Waals surface area contributed by atoms with E-state index in [1.54, 1.807) is 48.7 Å². The number of aromatic nitrogens is 1. The van der Waals surface area contributed by atoms with Crippen LogP contribution >= 0.6 is 10.5 Å². The minimum atomic E-state index is -4.37. The van der Waals surface area contributed by atoms with Crippen molar-refractivity contribution in [1.82, 2.24) is 4.57 Å². The lowest BCUT2D eigenvalue weighted by atomic mass is 10.1. The van der Waals surface area contributed by atoms with Crippen LogP contribution in [0.3, 0.4) is 0 Å². The maximum Gasteiger partial charge on any atom is 0.406 e. The molecule has 5 N–H and O–H groups in total. The molecule has 2 unspecified atom stereocenters. The maximum atomic E-state index is 13.3. The third-order valence-electron chi connectivity index (χ3n) is 5.34. The van der Waals surface area contributed by atoms with Crippen LogP contribution in [0.4, 0.5) is 24.5 Å². The van der Waals surface area contributed by atoms with E-state index in [1.165, 1.54) is 4.57 Å². The first-order valence-corrected chi connectivity index (χ1v) is 13.1. The average molecular weight is 493 g/mol. The van der Waals surface area contributed by atoms with E-state index in [1.807, 2.05) is 6.07 Å². The van der Waals surface area contributed by atoms with Crippen LogP contribution in [0, 0.1) is 11.8 Å². The quantitative estimate of drug-likeness (QED) is 0.274. The second kappa shape index (κ2) is 10.6. The Hall–Kier alpha value is -2.80. The van der Waals surface area contributed by atoms with Gasteiger partial charge in [0.25, 0.3) is 0 Å². The standard InChI is InChI=1S/C25H31F3N4OS/c1-4-7-18(2)31-23-9-5-10-24-22(23)16-20(32(24)17-25(26,27)28)8-6-15-30-19-11-13-21(14-12-19)34(3,29)33/h5,9-14,16,18,30-31,33H,4,7,15,17,29H2,1-3H3. The predicted octanol–water partition coefficient (Wildman–Crippen LogP) is 6.41. The molecular weight excluding hydrogens is 461 g/mol. The Labute approximate surface area is 200 Å². The highest BCUT2D eigenvalue weighted by molar-refractivity contribution is 8.26. The van der Waals surface area contributed by atoms with Gasteiger partial charge in [-0.05, 0) is 61.7 Å². The summed E-state index contributed by atoms with van der Waals surface area (Å²) in [4.78, 5) is 0.651. The molecule has 0 spiro atoms. The summed E-state index contributed by atoms with van der Waals surface area (Å²) < 4.78 is 51.2. The normalized spacial score (nSPS) is 15.2.